The van der Waals surface area contributed by atoms with Crippen LogP contribution in [0.25, 0.3) is 0 Å². The van der Waals surface area contributed by atoms with E-state index in [-0.39, 0.29) is 23.8 Å². The number of hydrogen-bond acceptors (Lipinski definition) is 5. The van der Waals surface area contributed by atoms with Crippen LogP contribution in [0.4, 0.5) is 5.95 Å². The Kier molecular flexibility index (Phi) is 4.45. The maximum atomic E-state index is 12.7. The normalized spacial score (nSPS) is 22.1. The highest BCUT2D eigenvalue weighted by Gasteiger charge is 2.38. The van der Waals surface area contributed by atoms with Gasteiger partial charge in [0.25, 0.3) is 0 Å². The summed E-state index contributed by atoms with van der Waals surface area (Å²) in [6.45, 7) is 7.30. The summed E-state index contributed by atoms with van der Waals surface area (Å²) in [5, 5.41) is 0. The van der Waals surface area contributed by atoms with Crippen molar-refractivity contribution in [2.45, 2.75) is 26.3 Å². The molecule has 7 heteroatoms. The van der Waals surface area contributed by atoms with E-state index in [0.29, 0.717) is 32.0 Å². The van der Waals surface area contributed by atoms with Crippen LogP contribution >= 0.6 is 0 Å². The first kappa shape index (κ1) is 15.7. The Labute approximate surface area is 136 Å². The van der Waals surface area contributed by atoms with Gasteiger partial charge in [0.05, 0.1) is 5.92 Å². The summed E-state index contributed by atoms with van der Waals surface area (Å²) in [7, 11) is 0. The highest BCUT2D eigenvalue weighted by molar-refractivity contribution is 5.89. The Morgan fingerprint density at radius 1 is 1.17 bits per heavy atom. The first-order valence-electron chi connectivity index (χ1n) is 8.16. The molecule has 1 atom stereocenters. The molecule has 23 heavy (non-hydrogen) atoms. The predicted octanol–water partition coefficient (Wildman–Crippen LogP) is 0.382. The van der Waals surface area contributed by atoms with Crippen LogP contribution < -0.4 is 4.90 Å². The van der Waals surface area contributed by atoms with Crippen LogP contribution in [0.15, 0.2) is 18.5 Å². The first-order valence-corrected chi connectivity index (χ1v) is 8.16. The van der Waals surface area contributed by atoms with Gasteiger partial charge < -0.3 is 14.7 Å². The van der Waals surface area contributed by atoms with Gasteiger partial charge in [-0.2, -0.15) is 0 Å². The molecule has 0 bridgehead atoms. The van der Waals surface area contributed by atoms with Crippen LogP contribution in [0.1, 0.15) is 20.3 Å². The molecular formula is C16H23N5O2. The summed E-state index contributed by atoms with van der Waals surface area (Å²) in [6, 6.07) is 1.95. The monoisotopic (exact) mass is 317 g/mol. The molecule has 0 aliphatic carbocycles. The van der Waals surface area contributed by atoms with E-state index in [9.17, 15) is 9.59 Å². The number of rotatable bonds is 3. The molecule has 7 nitrogen and oxygen atoms in total. The molecule has 2 fully saturated rings. The molecule has 2 amide bonds. The van der Waals surface area contributed by atoms with Crippen molar-refractivity contribution in [3.05, 3.63) is 18.5 Å². The van der Waals surface area contributed by atoms with Crippen molar-refractivity contribution < 1.29 is 9.59 Å². The van der Waals surface area contributed by atoms with Crippen molar-refractivity contribution in [2.24, 2.45) is 5.92 Å². The lowest BCUT2D eigenvalue weighted by molar-refractivity contribution is -0.136. The zero-order valence-electron chi connectivity index (χ0n) is 13.7. The maximum absolute atomic E-state index is 12.7. The van der Waals surface area contributed by atoms with Crippen LogP contribution in [-0.2, 0) is 9.59 Å². The van der Waals surface area contributed by atoms with Gasteiger partial charge >= 0.3 is 0 Å². The maximum Gasteiger partial charge on any atom is 0.228 e. The molecule has 2 saturated heterocycles. The molecule has 2 aliphatic heterocycles. The Balaban J connectivity index is 1.56. The molecule has 0 spiro atoms. The van der Waals surface area contributed by atoms with Crippen LogP contribution in [0, 0.1) is 5.92 Å². The van der Waals surface area contributed by atoms with E-state index in [1.807, 2.05) is 18.7 Å². The average Bonchev–Trinajstić information content (AvgIpc) is 2.97. The number of hydrogen-bond donors (Lipinski definition) is 0. The van der Waals surface area contributed by atoms with E-state index in [1.54, 1.807) is 23.4 Å². The molecule has 1 aromatic rings. The number of amides is 2. The van der Waals surface area contributed by atoms with Gasteiger partial charge in [-0.05, 0) is 19.9 Å². The molecular weight excluding hydrogens is 294 g/mol. The molecule has 2 aliphatic rings. The average molecular weight is 317 g/mol. The second kappa shape index (κ2) is 6.52. The standard InChI is InChI=1S/C16H23N5O2/c1-12(2)21-11-13(10-14(21)22)15(23)19-6-8-20(9-7-19)16-17-4-3-5-18-16/h3-5,12-13H,6-11H2,1-2H3/t13-/m0/s1. The molecule has 124 valence electrons. The van der Waals surface area contributed by atoms with Gasteiger partial charge in [-0.3, -0.25) is 9.59 Å². The van der Waals surface area contributed by atoms with Gasteiger partial charge in [-0.25, -0.2) is 9.97 Å². The first-order chi connectivity index (χ1) is 11.1. The fraction of sp³-hybridized carbons (Fsp3) is 0.625. The topological polar surface area (TPSA) is 69.6 Å². The van der Waals surface area contributed by atoms with E-state index in [4.69, 9.17) is 0 Å². The van der Waals surface area contributed by atoms with E-state index in [2.05, 4.69) is 14.9 Å². The Hall–Kier alpha value is -2.18. The van der Waals surface area contributed by atoms with E-state index in [1.165, 1.54) is 0 Å². The minimum absolute atomic E-state index is 0.0923. The lowest BCUT2D eigenvalue weighted by Gasteiger charge is -2.35. The fourth-order valence-corrected chi connectivity index (χ4v) is 3.24. The highest BCUT2D eigenvalue weighted by Crippen LogP contribution is 2.23. The smallest absolute Gasteiger partial charge is 0.228 e. The molecule has 1 aromatic heterocycles. The highest BCUT2D eigenvalue weighted by atomic mass is 16.2. The molecule has 3 heterocycles. The minimum Gasteiger partial charge on any atom is -0.339 e. The van der Waals surface area contributed by atoms with Gasteiger partial charge in [0.15, 0.2) is 0 Å². The van der Waals surface area contributed by atoms with Gasteiger partial charge in [-0.1, -0.05) is 0 Å². The number of nitrogens with zero attached hydrogens (tertiary/aromatic N) is 5. The predicted molar refractivity (Wildman–Crippen MR) is 85.8 cm³/mol. The molecule has 0 radical (unpaired) electrons. The van der Waals surface area contributed by atoms with Gasteiger partial charge in [0.1, 0.15) is 0 Å². The second-order valence-corrected chi connectivity index (χ2v) is 6.40. The van der Waals surface area contributed by atoms with Crippen molar-refractivity contribution in [3.8, 4) is 0 Å². The summed E-state index contributed by atoms with van der Waals surface area (Å²) in [4.78, 5) is 38.9. The van der Waals surface area contributed by atoms with E-state index in [0.717, 1.165) is 13.1 Å². The SMILES string of the molecule is CC(C)N1C[C@@H](C(=O)N2CCN(c3ncccn3)CC2)CC1=O. The Morgan fingerprint density at radius 2 is 1.83 bits per heavy atom. The molecule has 0 N–H and O–H groups in total. The summed E-state index contributed by atoms with van der Waals surface area (Å²) in [6.07, 6.45) is 3.80. The summed E-state index contributed by atoms with van der Waals surface area (Å²) >= 11 is 0. The molecule has 0 unspecified atom stereocenters. The van der Waals surface area contributed by atoms with Crippen molar-refractivity contribution >= 4 is 17.8 Å². The number of likely N-dealkylation sites (tertiary alicyclic amines) is 1. The number of anilines is 1. The lowest BCUT2D eigenvalue weighted by atomic mass is 10.1. The molecule has 0 saturated carbocycles. The fourth-order valence-electron chi connectivity index (χ4n) is 3.24. The minimum atomic E-state index is -0.190. The second-order valence-electron chi connectivity index (χ2n) is 6.40. The Morgan fingerprint density at radius 3 is 2.39 bits per heavy atom. The third-order valence-electron chi connectivity index (χ3n) is 4.56. The molecule has 3 rings (SSSR count). The van der Waals surface area contributed by atoms with Gasteiger partial charge in [-0.15, -0.1) is 0 Å². The van der Waals surface area contributed by atoms with Crippen molar-refractivity contribution in [2.75, 3.05) is 37.6 Å². The summed E-state index contributed by atoms with van der Waals surface area (Å²) < 4.78 is 0. The zero-order valence-corrected chi connectivity index (χ0v) is 13.7. The van der Waals surface area contributed by atoms with Crippen molar-refractivity contribution in [1.82, 2.24) is 19.8 Å². The van der Waals surface area contributed by atoms with E-state index >= 15 is 0 Å². The number of piperazine rings is 1. The van der Waals surface area contributed by atoms with Crippen LogP contribution in [-0.4, -0.2) is 70.3 Å². The summed E-state index contributed by atoms with van der Waals surface area (Å²) in [5.41, 5.74) is 0. The Bertz CT molecular complexity index is 569. The third-order valence-corrected chi connectivity index (χ3v) is 4.56. The zero-order chi connectivity index (χ0) is 16.4. The largest absolute Gasteiger partial charge is 0.339 e. The van der Waals surface area contributed by atoms with E-state index < -0.39 is 0 Å². The van der Waals surface area contributed by atoms with Gasteiger partial charge in [0.2, 0.25) is 17.8 Å². The molecule has 0 aromatic carbocycles. The number of aromatic nitrogens is 2. The third kappa shape index (κ3) is 3.28. The lowest BCUT2D eigenvalue weighted by Crippen LogP contribution is -2.51. The summed E-state index contributed by atoms with van der Waals surface area (Å²) in [5.74, 6) is 0.718. The van der Waals surface area contributed by atoms with Crippen LogP contribution in [0.2, 0.25) is 0 Å². The number of carbonyl (C=O) groups excluding carboxylic acids is 2. The van der Waals surface area contributed by atoms with Crippen molar-refractivity contribution in [3.63, 3.8) is 0 Å². The number of carbonyl (C=O) groups is 2. The van der Waals surface area contributed by atoms with Crippen LogP contribution in [0.3, 0.4) is 0 Å². The quantitative estimate of drug-likeness (QED) is 0.806. The van der Waals surface area contributed by atoms with Gasteiger partial charge in [0, 0.05) is 57.6 Å². The van der Waals surface area contributed by atoms with Crippen LogP contribution in [0.5, 0.6) is 0 Å². The van der Waals surface area contributed by atoms with Crippen molar-refractivity contribution in [1.29, 1.82) is 0 Å².